The lowest BCUT2D eigenvalue weighted by Gasteiger charge is -2.29. The van der Waals surface area contributed by atoms with Crippen molar-refractivity contribution in [3.8, 4) is 5.75 Å². The van der Waals surface area contributed by atoms with Gasteiger partial charge in [0.25, 0.3) is 0 Å². The van der Waals surface area contributed by atoms with E-state index < -0.39 is 15.4 Å². The van der Waals surface area contributed by atoms with E-state index in [-0.39, 0.29) is 18.2 Å². The maximum Gasteiger partial charge on any atom is 0.179 e. The van der Waals surface area contributed by atoms with E-state index in [4.69, 9.17) is 14.5 Å². The van der Waals surface area contributed by atoms with Crippen LogP contribution in [-0.4, -0.2) is 54.2 Å². The van der Waals surface area contributed by atoms with E-state index >= 15 is 0 Å². The Morgan fingerprint density at radius 3 is 2.65 bits per heavy atom. The number of hydrogen-bond acceptors (Lipinski definition) is 9. The zero-order valence-electron chi connectivity index (χ0n) is 26.4. The Bertz CT molecular complexity index is 2020. The molecule has 1 unspecified atom stereocenters. The van der Waals surface area contributed by atoms with Gasteiger partial charge in [0, 0.05) is 24.0 Å². The molecule has 5 aromatic rings. The van der Waals surface area contributed by atoms with Gasteiger partial charge in [-0.3, -0.25) is 4.98 Å². The summed E-state index contributed by atoms with van der Waals surface area (Å²) >= 11 is 3.59. The molecule has 1 N–H and O–H groups in total. The van der Waals surface area contributed by atoms with Gasteiger partial charge in [-0.2, -0.15) is 0 Å². The van der Waals surface area contributed by atoms with Crippen molar-refractivity contribution in [3.05, 3.63) is 125 Å². The summed E-state index contributed by atoms with van der Waals surface area (Å²) < 4.78 is 51.9. The van der Waals surface area contributed by atoms with E-state index in [0.29, 0.717) is 47.9 Å². The van der Waals surface area contributed by atoms with Crippen molar-refractivity contribution < 1.29 is 22.3 Å². The number of sulfone groups is 1. The number of anilines is 2. The van der Waals surface area contributed by atoms with Crippen LogP contribution in [0.3, 0.4) is 0 Å². The first-order valence-electron chi connectivity index (χ1n) is 15.6. The van der Waals surface area contributed by atoms with E-state index in [2.05, 4.69) is 31.2 Å². The molecule has 6 rings (SSSR count). The lowest BCUT2D eigenvalue weighted by atomic mass is 9.89. The van der Waals surface area contributed by atoms with Crippen molar-refractivity contribution >= 4 is 48.2 Å². The molecule has 0 fully saturated rings. The molecule has 3 aromatic carbocycles. The third-order valence-corrected chi connectivity index (χ3v) is 10.6. The lowest BCUT2D eigenvalue weighted by molar-refractivity contribution is 0.0244. The fraction of sp³-hybridized carbons (Fsp3) is 0.250. The predicted molar refractivity (Wildman–Crippen MR) is 187 cm³/mol. The predicted octanol–water partition coefficient (Wildman–Crippen LogP) is 7.56. The Kier molecular flexibility index (Phi) is 10.3. The van der Waals surface area contributed by atoms with Crippen LogP contribution in [0.4, 0.5) is 15.9 Å². The van der Waals surface area contributed by atoms with Gasteiger partial charge >= 0.3 is 0 Å². The van der Waals surface area contributed by atoms with E-state index in [1.165, 1.54) is 18.5 Å². The van der Waals surface area contributed by atoms with Gasteiger partial charge in [0.05, 0.1) is 38.8 Å². The first-order valence-corrected chi connectivity index (χ1v) is 18.0. The van der Waals surface area contributed by atoms with Gasteiger partial charge in [0.2, 0.25) is 0 Å². The molecule has 1 atom stereocenters. The van der Waals surface area contributed by atoms with Crippen molar-refractivity contribution in [1.82, 2.24) is 19.9 Å². The lowest BCUT2D eigenvalue weighted by Crippen LogP contribution is -2.30. The molecule has 0 radical (unpaired) electrons. The number of fused-ring (bicyclic) bond motifs is 1. The van der Waals surface area contributed by atoms with Gasteiger partial charge in [-0.15, -0.1) is 0 Å². The Labute approximate surface area is 287 Å². The molecule has 9 nitrogen and oxygen atoms in total. The number of nitrogens with zero attached hydrogens (tertiary/aromatic N) is 4. The quantitative estimate of drug-likeness (QED) is 0.124. The minimum atomic E-state index is -3.34. The maximum absolute atomic E-state index is 13.5. The fourth-order valence-corrected chi connectivity index (χ4v) is 7.47. The standard InChI is InChI=1S/C36H35BrFN5O4S/c1-43(17-19-48(44,45)29-10-3-2-4-11-29)16-6-14-36(15-7-18-47-36)34-22-30-32(23-39-34)40-25-41-35(30)42-28-12-13-33(31(37)21-28)46-24-26-8-5-9-27(38)20-26/h2-5,7-13,18,20-23,25H,6,14-17,19,24H2,1H3,(H,40,41,42). The second-order valence-electron chi connectivity index (χ2n) is 11.7. The zero-order chi connectivity index (χ0) is 33.6. The normalized spacial score (nSPS) is 15.9. The van der Waals surface area contributed by atoms with Gasteiger partial charge in [0.15, 0.2) is 15.4 Å². The Morgan fingerprint density at radius 1 is 1.02 bits per heavy atom. The first-order chi connectivity index (χ1) is 23.2. The number of ether oxygens (including phenoxy) is 2. The summed E-state index contributed by atoms with van der Waals surface area (Å²) in [5, 5.41) is 4.19. The molecule has 48 heavy (non-hydrogen) atoms. The average molecular weight is 733 g/mol. The molecule has 0 amide bonds. The monoisotopic (exact) mass is 731 g/mol. The van der Waals surface area contributed by atoms with Crippen molar-refractivity contribution in [3.63, 3.8) is 0 Å². The van der Waals surface area contributed by atoms with Gasteiger partial charge in [-0.05, 0) is 103 Å². The second-order valence-corrected chi connectivity index (χ2v) is 14.7. The Morgan fingerprint density at radius 2 is 1.88 bits per heavy atom. The second kappa shape index (κ2) is 14.8. The van der Waals surface area contributed by atoms with Gasteiger partial charge in [-0.25, -0.2) is 22.8 Å². The first kappa shape index (κ1) is 33.5. The van der Waals surface area contributed by atoms with Crippen LogP contribution in [0.25, 0.3) is 10.9 Å². The largest absolute Gasteiger partial charge is 0.489 e. The number of benzene rings is 3. The summed E-state index contributed by atoms with van der Waals surface area (Å²) in [6.45, 7) is 1.37. The molecule has 248 valence electrons. The van der Waals surface area contributed by atoms with E-state index in [1.807, 2.05) is 54.4 Å². The molecule has 2 aromatic heterocycles. The van der Waals surface area contributed by atoms with Gasteiger partial charge in [-0.1, -0.05) is 30.3 Å². The zero-order valence-corrected chi connectivity index (χ0v) is 28.8. The van der Waals surface area contributed by atoms with Crippen LogP contribution in [0.15, 0.2) is 113 Å². The Balaban J connectivity index is 1.12. The van der Waals surface area contributed by atoms with Crippen LogP contribution in [0, 0.1) is 5.82 Å². The molecule has 0 spiro atoms. The molecule has 0 saturated carbocycles. The smallest absolute Gasteiger partial charge is 0.179 e. The summed E-state index contributed by atoms with van der Waals surface area (Å²) in [7, 11) is -1.41. The minimum absolute atomic E-state index is 0.0555. The van der Waals surface area contributed by atoms with Crippen molar-refractivity contribution in [2.45, 2.75) is 36.4 Å². The number of hydrogen-bond donors (Lipinski definition) is 1. The number of rotatable bonds is 14. The number of nitrogens with one attached hydrogen (secondary N) is 1. The molecular weight excluding hydrogens is 697 g/mol. The third-order valence-electron chi connectivity index (χ3n) is 8.27. The Hall–Kier alpha value is -4.39. The van der Waals surface area contributed by atoms with Gasteiger partial charge < -0.3 is 19.7 Å². The summed E-state index contributed by atoms with van der Waals surface area (Å²) in [5.41, 5.74) is 2.33. The van der Waals surface area contributed by atoms with Gasteiger partial charge in [0.1, 0.15) is 30.3 Å². The highest BCUT2D eigenvalue weighted by atomic mass is 79.9. The van der Waals surface area contributed by atoms with Crippen LogP contribution in [0.5, 0.6) is 5.75 Å². The number of aromatic nitrogens is 3. The summed E-state index contributed by atoms with van der Waals surface area (Å²) in [4.78, 5) is 16.1. The van der Waals surface area contributed by atoms with E-state index in [0.717, 1.165) is 33.2 Å². The highest BCUT2D eigenvalue weighted by molar-refractivity contribution is 9.10. The van der Waals surface area contributed by atoms with Crippen LogP contribution in [0.2, 0.25) is 0 Å². The maximum atomic E-state index is 13.5. The van der Waals surface area contributed by atoms with E-state index in [9.17, 15) is 12.8 Å². The molecule has 0 saturated heterocycles. The SMILES string of the molecule is CN(CCCC1(c2cc3c(Nc4ccc(OCc5cccc(F)c5)c(Br)c4)ncnc3cn2)CC=CO1)CCS(=O)(=O)c1ccccc1. The fourth-order valence-electron chi connectivity index (χ4n) is 5.62. The molecule has 1 aliphatic rings. The van der Waals surface area contributed by atoms with Crippen molar-refractivity contribution in [1.29, 1.82) is 0 Å². The third kappa shape index (κ3) is 8.00. The highest BCUT2D eigenvalue weighted by Gasteiger charge is 2.37. The number of halogens is 2. The molecule has 1 aliphatic heterocycles. The average Bonchev–Trinajstić information content (AvgIpc) is 3.57. The van der Waals surface area contributed by atoms with Crippen LogP contribution >= 0.6 is 15.9 Å². The van der Waals surface area contributed by atoms with Crippen molar-refractivity contribution in [2.75, 3.05) is 31.2 Å². The molecule has 0 bridgehead atoms. The summed E-state index contributed by atoms with van der Waals surface area (Å²) in [5.74, 6) is 0.994. The summed E-state index contributed by atoms with van der Waals surface area (Å²) in [6, 6.07) is 22.5. The molecule has 0 aliphatic carbocycles. The summed E-state index contributed by atoms with van der Waals surface area (Å²) in [6.07, 6.45) is 9.08. The molecule has 3 heterocycles. The molecular formula is C36H35BrFN5O4S. The minimum Gasteiger partial charge on any atom is -0.489 e. The van der Waals surface area contributed by atoms with Crippen molar-refractivity contribution in [2.24, 2.45) is 0 Å². The van der Waals surface area contributed by atoms with E-state index in [1.54, 1.807) is 42.8 Å². The van der Waals surface area contributed by atoms with Crippen LogP contribution in [0.1, 0.15) is 30.5 Å². The highest BCUT2D eigenvalue weighted by Crippen LogP contribution is 2.40. The molecule has 12 heteroatoms. The van der Waals surface area contributed by atoms with Crippen LogP contribution in [-0.2, 0) is 26.8 Å². The number of pyridine rings is 1. The van der Waals surface area contributed by atoms with Crippen LogP contribution < -0.4 is 10.1 Å². The topological polar surface area (TPSA) is 107 Å².